The van der Waals surface area contributed by atoms with Crippen molar-refractivity contribution >= 4 is 33.2 Å². The molecule has 0 bridgehead atoms. The highest BCUT2D eigenvalue weighted by molar-refractivity contribution is 7.92. The Labute approximate surface area is 141 Å². The van der Waals surface area contributed by atoms with Crippen LogP contribution in [0.2, 0.25) is 0 Å². The van der Waals surface area contributed by atoms with Crippen molar-refractivity contribution in [2.24, 2.45) is 0 Å². The molecule has 0 saturated heterocycles. The second-order valence-corrected chi connectivity index (χ2v) is 6.89. The van der Waals surface area contributed by atoms with Gasteiger partial charge >= 0.3 is 5.97 Å². The van der Waals surface area contributed by atoms with E-state index in [0.29, 0.717) is 29.2 Å². The highest BCUT2D eigenvalue weighted by Crippen LogP contribution is 2.18. The Morgan fingerprint density at radius 2 is 2.00 bits per heavy atom. The molecule has 1 aromatic heterocycles. The molecule has 0 aliphatic carbocycles. The first kappa shape index (κ1) is 17.7. The van der Waals surface area contributed by atoms with Gasteiger partial charge in [-0.15, -0.1) is 0 Å². The van der Waals surface area contributed by atoms with Crippen molar-refractivity contribution in [1.29, 1.82) is 0 Å². The molecule has 8 heteroatoms. The molecule has 0 radical (unpaired) electrons. The fraction of sp³-hybridized carbons (Fsp3) is 0.250. The van der Waals surface area contributed by atoms with Crippen LogP contribution in [-0.2, 0) is 14.8 Å². The third kappa shape index (κ3) is 4.95. The lowest BCUT2D eigenvalue weighted by Gasteiger charge is -2.09. The normalized spacial score (nSPS) is 10.9. The number of carbonyl (C=O) groups is 1. The molecule has 0 aliphatic rings. The summed E-state index contributed by atoms with van der Waals surface area (Å²) in [5.74, 6) is 0.163. The Morgan fingerprint density at radius 3 is 2.62 bits per heavy atom. The van der Waals surface area contributed by atoms with Gasteiger partial charge in [-0.1, -0.05) is 13.0 Å². The lowest BCUT2D eigenvalue weighted by Crippen LogP contribution is -2.16. The van der Waals surface area contributed by atoms with E-state index < -0.39 is 16.0 Å². The minimum absolute atomic E-state index is 0.0628. The predicted molar refractivity (Wildman–Crippen MR) is 93.0 cm³/mol. The molecule has 7 nitrogen and oxygen atoms in total. The molecule has 0 atom stereocenters. The van der Waals surface area contributed by atoms with Gasteiger partial charge < -0.3 is 10.1 Å². The summed E-state index contributed by atoms with van der Waals surface area (Å²) in [4.78, 5) is 15.7. The Morgan fingerprint density at radius 1 is 1.21 bits per heavy atom. The molecule has 0 unspecified atom stereocenters. The van der Waals surface area contributed by atoms with Crippen molar-refractivity contribution in [2.75, 3.05) is 22.9 Å². The average molecular weight is 349 g/mol. The van der Waals surface area contributed by atoms with Gasteiger partial charge in [0, 0.05) is 5.69 Å². The van der Waals surface area contributed by atoms with Gasteiger partial charge in [-0.25, -0.2) is 18.2 Å². The van der Waals surface area contributed by atoms with E-state index >= 15 is 0 Å². The Bertz CT molecular complexity index is 804. The largest absolute Gasteiger partial charge is 0.465 e. The zero-order chi connectivity index (χ0) is 17.6. The zero-order valence-corrected chi connectivity index (χ0v) is 14.3. The van der Waals surface area contributed by atoms with Gasteiger partial charge in [0.1, 0.15) is 5.82 Å². The number of nitrogens with one attached hydrogen (secondary N) is 2. The van der Waals surface area contributed by atoms with Gasteiger partial charge in [-0.3, -0.25) is 4.72 Å². The van der Waals surface area contributed by atoms with Crippen molar-refractivity contribution in [3.8, 4) is 0 Å². The number of esters is 1. The molecule has 2 aromatic rings. The van der Waals surface area contributed by atoms with Crippen LogP contribution in [-0.4, -0.2) is 32.2 Å². The smallest absolute Gasteiger partial charge is 0.337 e. The Balaban J connectivity index is 2.08. The number of carbonyl (C=O) groups excluding carboxylic acids is 1. The number of hydrogen-bond donors (Lipinski definition) is 2. The molecular formula is C16H19N3O4S. The van der Waals surface area contributed by atoms with E-state index in [1.54, 1.807) is 43.3 Å². The molecule has 1 heterocycles. The van der Waals surface area contributed by atoms with Crippen LogP contribution in [0.1, 0.15) is 23.7 Å². The van der Waals surface area contributed by atoms with Crippen LogP contribution < -0.4 is 10.0 Å². The number of methoxy groups -OCH3 is 1. The summed E-state index contributed by atoms with van der Waals surface area (Å²) < 4.78 is 30.6. The number of aromatic nitrogens is 1. The summed E-state index contributed by atoms with van der Waals surface area (Å²) in [6.07, 6.45) is 1.97. The number of pyridine rings is 1. The van der Waals surface area contributed by atoms with Crippen molar-refractivity contribution in [3.63, 3.8) is 0 Å². The van der Waals surface area contributed by atoms with Crippen LogP contribution in [0, 0.1) is 0 Å². The number of rotatable bonds is 7. The van der Waals surface area contributed by atoms with Crippen LogP contribution in [0.25, 0.3) is 0 Å². The van der Waals surface area contributed by atoms with E-state index in [0.717, 1.165) is 0 Å². The molecule has 0 amide bonds. The topological polar surface area (TPSA) is 97.4 Å². The van der Waals surface area contributed by atoms with Crippen LogP contribution in [0.3, 0.4) is 0 Å². The molecule has 24 heavy (non-hydrogen) atoms. The Hall–Kier alpha value is -2.61. The van der Waals surface area contributed by atoms with Gasteiger partial charge in [-0.2, -0.15) is 0 Å². The molecule has 2 N–H and O–H groups in total. The van der Waals surface area contributed by atoms with Crippen LogP contribution >= 0.6 is 0 Å². The van der Waals surface area contributed by atoms with E-state index in [-0.39, 0.29) is 5.75 Å². The molecule has 0 fully saturated rings. The van der Waals surface area contributed by atoms with Crippen molar-refractivity contribution in [1.82, 2.24) is 4.98 Å². The molecule has 0 aliphatic heterocycles. The summed E-state index contributed by atoms with van der Waals surface area (Å²) in [6.45, 7) is 1.80. The fourth-order valence-electron chi connectivity index (χ4n) is 2.02. The van der Waals surface area contributed by atoms with E-state index in [2.05, 4.69) is 19.8 Å². The molecule has 0 saturated carbocycles. The predicted octanol–water partition coefficient (Wildman–Crippen LogP) is 2.76. The van der Waals surface area contributed by atoms with Crippen LogP contribution in [0.15, 0.2) is 42.6 Å². The number of benzene rings is 1. The number of nitrogens with zero attached hydrogens (tertiary/aromatic N) is 1. The van der Waals surface area contributed by atoms with Gasteiger partial charge in [-0.05, 0) is 36.8 Å². The highest BCUT2D eigenvalue weighted by atomic mass is 32.2. The summed E-state index contributed by atoms with van der Waals surface area (Å²) in [5.41, 5.74) is 1.49. The monoisotopic (exact) mass is 349 g/mol. The van der Waals surface area contributed by atoms with E-state index in [1.165, 1.54) is 13.3 Å². The van der Waals surface area contributed by atoms with Gasteiger partial charge in [0.2, 0.25) is 10.0 Å². The van der Waals surface area contributed by atoms with Crippen LogP contribution in [0.5, 0.6) is 0 Å². The number of anilines is 3. The first-order valence-electron chi connectivity index (χ1n) is 7.35. The summed E-state index contributed by atoms with van der Waals surface area (Å²) in [6, 6.07) is 10.1. The average Bonchev–Trinajstić information content (AvgIpc) is 2.56. The standard InChI is InChI=1S/C16H19N3O4S/c1-3-9-24(21,22)19-14-7-8-15(17-11-14)18-13-6-4-5-12(10-13)16(20)23-2/h4-8,10-11,19H,3,9H2,1-2H3,(H,17,18). The van der Waals surface area contributed by atoms with E-state index in [9.17, 15) is 13.2 Å². The number of ether oxygens (including phenoxy) is 1. The lowest BCUT2D eigenvalue weighted by atomic mass is 10.2. The van der Waals surface area contributed by atoms with E-state index in [4.69, 9.17) is 0 Å². The summed E-state index contributed by atoms with van der Waals surface area (Å²) in [5, 5.41) is 3.04. The Kier molecular flexibility index (Phi) is 5.75. The molecule has 128 valence electrons. The van der Waals surface area contributed by atoms with Crippen molar-refractivity contribution in [3.05, 3.63) is 48.2 Å². The molecule has 1 aromatic carbocycles. The number of hydrogen-bond acceptors (Lipinski definition) is 6. The molecule has 0 spiro atoms. The second-order valence-electron chi connectivity index (χ2n) is 5.05. The first-order chi connectivity index (χ1) is 11.4. The van der Waals surface area contributed by atoms with Crippen molar-refractivity contribution < 1.29 is 17.9 Å². The third-order valence-electron chi connectivity index (χ3n) is 3.07. The zero-order valence-electron chi connectivity index (χ0n) is 13.4. The number of sulfonamides is 1. The van der Waals surface area contributed by atoms with Gasteiger partial charge in [0.25, 0.3) is 0 Å². The van der Waals surface area contributed by atoms with E-state index in [1.807, 2.05) is 0 Å². The second kappa shape index (κ2) is 7.78. The summed E-state index contributed by atoms with van der Waals surface area (Å²) in [7, 11) is -2.01. The minimum Gasteiger partial charge on any atom is -0.465 e. The lowest BCUT2D eigenvalue weighted by molar-refractivity contribution is 0.0601. The maximum absolute atomic E-state index is 11.7. The molecule has 2 rings (SSSR count). The molecular weight excluding hydrogens is 330 g/mol. The van der Waals surface area contributed by atoms with Gasteiger partial charge in [0.05, 0.1) is 30.3 Å². The van der Waals surface area contributed by atoms with Crippen LogP contribution in [0.4, 0.5) is 17.2 Å². The maximum Gasteiger partial charge on any atom is 0.337 e. The minimum atomic E-state index is -3.34. The highest BCUT2D eigenvalue weighted by Gasteiger charge is 2.09. The maximum atomic E-state index is 11.7. The quantitative estimate of drug-likeness (QED) is 0.746. The summed E-state index contributed by atoms with van der Waals surface area (Å²) >= 11 is 0. The van der Waals surface area contributed by atoms with Crippen molar-refractivity contribution in [2.45, 2.75) is 13.3 Å². The first-order valence-corrected chi connectivity index (χ1v) is 9.00. The van der Waals surface area contributed by atoms with Gasteiger partial charge in [0.15, 0.2) is 0 Å². The fourth-order valence-corrected chi connectivity index (χ4v) is 3.14. The SMILES string of the molecule is CCCS(=O)(=O)Nc1ccc(Nc2cccc(C(=O)OC)c2)nc1. The third-order valence-corrected chi connectivity index (χ3v) is 4.56.